The Hall–Kier alpha value is -3.17. The molecule has 0 aliphatic heterocycles. The van der Waals surface area contributed by atoms with E-state index < -0.39 is 17.6 Å². The molecule has 0 amide bonds. The number of hydrogen-bond acceptors (Lipinski definition) is 3. The van der Waals surface area contributed by atoms with Crippen LogP contribution in [0.5, 0.6) is 0 Å². The molecule has 0 radical (unpaired) electrons. The van der Waals surface area contributed by atoms with Crippen LogP contribution in [0, 0.1) is 5.82 Å². The molecule has 0 fully saturated rings. The van der Waals surface area contributed by atoms with Crippen molar-refractivity contribution in [3.05, 3.63) is 65.4 Å². The Morgan fingerprint density at radius 2 is 1.96 bits per heavy atom. The zero-order chi connectivity index (χ0) is 20.1. The first-order valence-electron chi connectivity index (χ1n) is 8.47. The molecule has 148 valence electrons. The van der Waals surface area contributed by atoms with Gasteiger partial charge in [-0.1, -0.05) is 12.1 Å². The van der Waals surface area contributed by atoms with Gasteiger partial charge >= 0.3 is 6.18 Å². The lowest BCUT2D eigenvalue weighted by Gasteiger charge is -2.15. The molecule has 0 saturated heterocycles. The standard InChI is InChI=1S/C18H18F4N6/c1-23-17(24-8-7-16-27-26-15-4-2-3-9-28(15)16)25-11-12-5-6-13(19)10-14(12)18(20,21)22/h2-6,9-10H,7-8,11H2,1H3,(H2,23,24,25). The van der Waals surface area contributed by atoms with Crippen molar-refractivity contribution in [2.75, 3.05) is 13.6 Å². The van der Waals surface area contributed by atoms with E-state index in [2.05, 4.69) is 25.8 Å². The fraction of sp³-hybridized carbons (Fsp3) is 0.278. The van der Waals surface area contributed by atoms with Crippen LogP contribution in [0.4, 0.5) is 17.6 Å². The minimum Gasteiger partial charge on any atom is -0.356 e. The summed E-state index contributed by atoms with van der Waals surface area (Å²) in [5, 5.41) is 14.0. The van der Waals surface area contributed by atoms with Gasteiger partial charge in [-0.15, -0.1) is 10.2 Å². The van der Waals surface area contributed by atoms with Crippen LogP contribution in [0.2, 0.25) is 0 Å². The van der Waals surface area contributed by atoms with Gasteiger partial charge in [0.25, 0.3) is 0 Å². The van der Waals surface area contributed by atoms with Gasteiger partial charge in [-0.05, 0) is 29.8 Å². The van der Waals surface area contributed by atoms with Crippen molar-refractivity contribution in [2.45, 2.75) is 19.1 Å². The van der Waals surface area contributed by atoms with Gasteiger partial charge in [-0.3, -0.25) is 9.39 Å². The zero-order valence-electron chi connectivity index (χ0n) is 15.0. The van der Waals surface area contributed by atoms with Crippen molar-refractivity contribution in [1.29, 1.82) is 0 Å². The predicted octanol–water partition coefficient (Wildman–Crippen LogP) is 2.79. The number of guanidine groups is 1. The Morgan fingerprint density at radius 3 is 2.71 bits per heavy atom. The number of pyridine rings is 1. The Bertz CT molecular complexity index is 980. The lowest BCUT2D eigenvalue weighted by molar-refractivity contribution is -0.138. The Morgan fingerprint density at radius 1 is 1.14 bits per heavy atom. The molecule has 0 saturated carbocycles. The molecule has 6 nitrogen and oxygen atoms in total. The first kappa shape index (κ1) is 19.6. The molecule has 0 bridgehead atoms. The number of aromatic nitrogens is 3. The van der Waals surface area contributed by atoms with Gasteiger partial charge in [0.2, 0.25) is 0 Å². The average Bonchev–Trinajstić information content (AvgIpc) is 3.08. The topological polar surface area (TPSA) is 66.6 Å². The maximum absolute atomic E-state index is 13.2. The smallest absolute Gasteiger partial charge is 0.356 e. The number of alkyl halides is 3. The van der Waals surface area contributed by atoms with Crippen LogP contribution in [-0.4, -0.2) is 34.2 Å². The molecule has 2 aromatic heterocycles. The summed E-state index contributed by atoms with van der Waals surface area (Å²) in [5.41, 5.74) is -0.346. The number of rotatable bonds is 5. The van der Waals surface area contributed by atoms with Gasteiger partial charge in [-0.2, -0.15) is 13.2 Å². The monoisotopic (exact) mass is 394 g/mol. The summed E-state index contributed by atoms with van der Waals surface area (Å²) in [4.78, 5) is 3.99. The molecule has 28 heavy (non-hydrogen) atoms. The normalized spacial score (nSPS) is 12.4. The molecule has 2 N–H and O–H groups in total. The Balaban J connectivity index is 1.58. The van der Waals surface area contributed by atoms with Gasteiger partial charge in [0, 0.05) is 32.8 Å². The maximum Gasteiger partial charge on any atom is 0.416 e. The zero-order valence-corrected chi connectivity index (χ0v) is 15.0. The minimum absolute atomic E-state index is 0.0692. The second-order valence-electron chi connectivity index (χ2n) is 5.95. The van der Waals surface area contributed by atoms with Crippen LogP contribution < -0.4 is 10.6 Å². The number of halogens is 4. The number of nitrogens with one attached hydrogen (secondary N) is 2. The van der Waals surface area contributed by atoms with Gasteiger partial charge in [0.1, 0.15) is 11.6 Å². The second-order valence-corrected chi connectivity index (χ2v) is 5.95. The molecule has 2 heterocycles. The Kier molecular flexibility index (Phi) is 5.76. The largest absolute Gasteiger partial charge is 0.416 e. The van der Waals surface area contributed by atoms with Crippen molar-refractivity contribution in [1.82, 2.24) is 25.2 Å². The van der Waals surface area contributed by atoms with E-state index in [-0.39, 0.29) is 12.1 Å². The molecule has 1 aromatic carbocycles. The van der Waals surface area contributed by atoms with E-state index in [9.17, 15) is 17.6 Å². The molecule has 0 atom stereocenters. The van der Waals surface area contributed by atoms with E-state index in [4.69, 9.17) is 0 Å². The third-order valence-corrected chi connectivity index (χ3v) is 4.07. The van der Waals surface area contributed by atoms with Crippen molar-refractivity contribution >= 4 is 11.6 Å². The molecular weight excluding hydrogens is 376 g/mol. The number of nitrogens with zero attached hydrogens (tertiary/aromatic N) is 4. The van der Waals surface area contributed by atoms with Crippen LogP contribution in [0.1, 0.15) is 17.0 Å². The third-order valence-electron chi connectivity index (χ3n) is 4.07. The summed E-state index contributed by atoms with van der Waals surface area (Å²) >= 11 is 0. The van der Waals surface area contributed by atoms with Crippen LogP contribution in [0.25, 0.3) is 5.65 Å². The lowest BCUT2D eigenvalue weighted by atomic mass is 10.1. The van der Waals surface area contributed by atoms with E-state index in [0.29, 0.717) is 25.0 Å². The third kappa shape index (κ3) is 4.56. The molecule has 3 aromatic rings. The number of benzene rings is 1. The molecule has 10 heteroatoms. The fourth-order valence-corrected chi connectivity index (χ4v) is 2.72. The fourth-order valence-electron chi connectivity index (χ4n) is 2.72. The van der Waals surface area contributed by atoms with Crippen LogP contribution in [0.15, 0.2) is 47.6 Å². The SMILES string of the molecule is CN=C(NCCc1nnc2ccccn12)NCc1ccc(F)cc1C(F)(F)F. The molecule has 0 aliphatic carbocycles. The Labute approximate surface area is 158 Å². The molecule has 0 unspecified atom stereocenters. The summed E-state index contributed by atoms with van der Waals surface area (Å²) in [7, 11) is 1.51. The van der Waals surface area contributed by atoms with Gasteiger partial charge in [0.15, 0.2) is 11.6 Å². The summed E-state index contributed by atoms with van der Waals surface area (Å²) in [6.07, 6.45) is -2.24. The summed E-state index contributed by atoms with van der Waals surface area (Å²) in [5.74, 6) is 0.141. The molecule has 0 spiro atoms. The summed E-state index contributed by atoms with van der Waals surface area (Å²) in [6.45, 7) is 0.299. The van der Waals surface area contributed by atoms with Crippen molar-refractivity contribution in [3.8, 4) is 0 Å². The second kappa shape index (κ2) is 8.24. The lowest BCUT2D eigenvalue weighted by Crippen LogP contribution is -2.38. The van der Waals surface area contributed by atoms with Crippen LogP contribution >= 0.6 is 0 Å². The van der Waals surface area contributed by atoms with Crippen molar-refractivity contribution in [2.24, 2.45) is 4.99 Å². The highest BCUT2D eigenvalue weighted by molar-refractivity contribution is 5.79. The highest BCUT2D eigenvalue weighted by atomic mass is 19.4. The molecule has 0 aliphatic rings. The number of hydrogen-bond donors (Lipinski definition) is 2. The number of fused-ring (bicyclic) bond motifs is 1. The summed E-state index contributed by atoms with van der Waals surface area (Å²) in [6, 6.07) is 8.17. The first-order valence-corrected chi connectivity index (χ1v) is 8.47. The predicted molar refractivity (Wildman–Crippen MR) is 96.3 cm³/mol. The first-order chi connectivity index (χ1) is 13.4. The van der Waals surface area contributed by atoms with Gasteiger partial charge in [-0.25, -0.2) is 4.39 Å². The molecular formula is C18H18F4N6. The van der Waals surface area contributed by atoms with Crippen molar-refractivity contribution in [3.63, 3.8) is 0 Å². The van der Waals surface area contributed by atoms with E-state index in [0.717, 1.165) is 23.6 Å². The van der Waals surface area contributed by atoms with Crippen molar-refractivity contribution < 1.29 is 17.6 Å². The van der Waals surface area contributed by atoms with E-state index in [1.54, 1.807) is 0 Å². The van der Waals surface area contributed by atoms with E-state index >= 15 is 0 Å². The quantitative estimate of drug-likeness (QED) is 0.397. The average molecular weight is 394 g/mol. The maximum atomic E-state index is 13.2. The van der Waals surface area contributed by atoms with E-state index in [1.807, 2.05) is 28.8 Å². The van der Waals surface area contributed by atoms with Crippen LogP contribution in [0.3, 0.4) is 0 Å². The highest BCUT2D eigenvalue weighted by Gasteiger charge is 2.33. The van der Waals surface area contributed by atoms with Gasteiger partial charge < -0.3 is 10.6 Å². The van der Waals surface area contributed by atoms with E-state index in [1.165, 1.54) is 7.05 Å². The number of aliphatic imine (C=N–C) groups is 1. The molecule has 3 rings (SSSR count). The van der Waals surface area contributed by atoms with Gasteiger partial charge in [0.05, 0.1) is 5.56 Å². The van der Waals surface area contributed by atoms with Crippen LogP contribution in [-0.2, 0) is 19.1 Å². The minimum atomic E-state index is -4.63. The highest BCUT2D eigenvalue weighted by Crippen LogP contribution is 2.32. The summed E-state index contributed by atoms with van der Waals surface area (Å²) < 4.78 is 54.2.